The Morgan fingerprint density at radius 1 is 1.16 bits per heavy atom. The van der Waals surface area contributed by atoms with E-state index in [0.29, 0.717) is 6.42 Å². The number of nitriles is 1. The lowest BCUT2D eigenvalue weighted by Gasteiger charge is -2.05. The molecule has 0 unspecified atom stereocenters. The normalized spacial score (nSPS) is 10.2. The Bertz CT molecular complexity index is 675. The van der Waals surface area contributed by atoms with Gasteiger partial charge in [0.05, 0.1) is 0 Å². The smallest absolute Gasteiger partial charge is 0.266 e. The van der Waals surface area contributed by atoms with Crippen molar-refractivity contribution in [2.24, 2.45) is 0 Å². The molecule has 1 heterocycles. The first kappa shape index (κ1) is 13.1. The third-order valence-electron chi connectivity index (χ3n) is 3.17. The zero-order valence-corrected chi connectivity index (χ0v) is 11.2. The summed E-state index contributed by atoms with van der Waals surface area (Å²) < 4.78 is 0. The van der Waals surface area contributed by atoms with Crippen LogP contribution in [-0.2, 0) is 12.8 Å². The molecule has 0 amide bonds. The van der Waals surface area contributed by atoms with E-state index in [1.165, 1.54) is 11.1 Å². The molecule has 0 fully saturated rings. The number of hydrogen-bond acceptors (Lipinski definition) is 2. The van der Waals surface area contributed by atoms with Gasteiger partial charge >= 0.3 is 0 Å². The molecule has 0 spiro atoms. The summed E-state index contributed by atoms with van der Waals surface area (Å²) in [6, 6.07) is 12.2. The second-order valence-corrected chi connectivity index (χ2v) is 4.78. The van der Waals surface area contributed by atoms with E-state index >= 15 is 0 Å². The van der Waals surface area contributed by atoms with Crippen molar-refractivity contribution in [3.63, 3.8) is 0 Å². The van der Waals surface area contributed by atoms with Crippen molar-refractivity contribution in [3.05, 3.63) is 68.6 Å². The highest BCUT2D eigenvalue weighted by Gasteiger charge is 2.07. The molecular weight excluding hydrogens is 236 g/mol. The van der Waals surface area contributed by atoms with Gasteiger partial charge in [0.15, 0.2) is 0 Å². The number of aromatic amines is 1. The van der Waals surface area contributed by atoms with E-state index in [1.54, 1.807) is 0 Å². The molecule has 1 aromatic heterocycles. The average molecular weight is 252 g/mol. The molecule has 0 bridgehead atoms. The van der Waals surface area contributed by atoms with Crippen molar-refractivity contribution in [2.45, 2.75) is 26.7 Å². The van der Waals surface area contributed by atoms with E-state index in [2.05, 4.69) is 36.2 Å². The third kappa shape index (κ3) is 3.11. The number of nitrogens with zero attached hydrogens (tertiary/aromatic N) is 1. The minimum absolute atomic E-state index is 0.234. The fourth-order valence-electron chi connectivity index (χ4n) is 2.11. The van der Waals surface area contributed by atoms with Crippen LogP contribution in [0.15, 0.2) is 35.1 Å². The quantitative estimate of drug-likeness (QED) is 0.913. The Hall–Kier alpha value is -2.34. The van der Waals surface area contributed by atoms with Gasteiger partial charge in [-0.3, -0.25) is 4.79 Å². The molecular formula is C16H16N2O. The van der Waals surface area contributed by atoms with Crippen LogP contribution < -0.4 is 5.56 Å². The predicted molar refractivity (Wildman–Crippen MR) is 75.1 cm³/mol. The van der Waals surface area contributed by atoms with E-state index in [1.807, 2.05) is 19.1 Å². The van der Waals surface area contributed by atoms with Crippen LogP contribution in [0.4, 0.5) is 0 Å². The van der Waals surface area contributed by atoms with Crippen molar-refractivity contribution >= 4 is 0 Å². The van der Waals surface area contributed by atoms with Crippen LogP contribution in [0.1, 0.15) is 27.9 Å². The average Bonchev–Trinajstić information content (AvgIpc) is 2.37. The van der Waals surface area contributed by atoms with Crippen LogP contribution in [-0.4, -0.2) is 4.98 Å². The maximum absolute atomic E-state index is 11.7. The van der Waals surface area contributed by atoms with Gasteiger partial charge in [0, 0.05) is 5.69 Å². The zero-order valence-electron chi connectivity index (χ0n) is 11.2. The Balaban J connectivity index is 2.22. The molecule has 3 heteroatoms. The molecule has 0 aliphatic carbocycles. The number of hydrogen-bond donors (Lipinski definition) is 1. The predicted octanol–water partition coefficient (Wildman–Crippen LogP) is 2.65. The molecule has 1 N–H and O–H groups in total. The highest BCUT2D eigenvalue weighted by Crippen LogP contribution is 2.11. The topological polar surface area (TPSA) is 56.6 Å². The number of aromatic nitrogens is 1. The van der Waals surface area contributed by atoms with Gasteiger partial charge in [-0.15, -0.1) is 0 Å². The molecule has 0 aliphatic rings. The standard InChI is InChI=1S/C16H16N2O/c1-11-3-5-13(6-4-11)7-8-14-9-12(2)18-16(19)15(14)10-17/h3-6,9H,7-8H2,1-2H3,(H,18,19). The van der Waals surface area contributed by atoms with Crippen LogP contribution in [0.5, 0.6) is 0 Å². The summed E-state index contributed by atoms with van der Waals surface area (Å²) in [5, 5.41) is 9.05. The number of benzene rings is 1. The van der Waals surface area contributed by atoms with E-state index < -0.39 is 0 Å². The summed E-state index contributed by atoms with van der Waals surface area (Å²) in [5.74, 6) is 0. The van der Waals surface area contributed by atoms with E-state index in [9.17, 15) is 4.79 Å². The van der Waals surface area contributed by atoms with E-state index in [4.69, 9.17) is 5.26 Å². The van der Waals surface area contributed by atoms with Crippen LogP contribution in [0.25, 0.3) is 0 Å². The van der Waals surface area contributed by atoms with Crippen molar-refractivity contribution in [3.8, 4) is 6.07 Å². The summed E-state index contributed by atoms with van der Waals surface area (Å²) in [6.45, 7) is 3.88. The highest BCUT2D eigenvalue weighted by molar-refractivity contribution is 5.37. The van der Waals surface area contributed by atoms with Gasteiger partial charge in [-0.25, -0.2) is 0 Å². The van der Waals surface area contributed by atoms with Crippen molar-refractivity contribution < 1.29 is 0 Å². The van der Waals surface area contributed by atoms with Crippen molar-refractivity contribution in [1.82, 2.24) is 4.98 Å². The molecule has 0 atom stereocenters. The van der Waals surface area contributed by atoms with Crippen molar-refractivity contribution in [1.29, 1.82) is 5.26 Å². The van der Waals surface area contributed by atoms with Crippen LogP contribution in [0.2, 0.25) is 0 Å². The van der Waals surface area contributed by atoms with Crippen molar-refractivity contribution in [2.75, 3.05) is 0 Å². The Morgan fingerprint density at radius 3 is 2.47 bits per heavy atom. The lowest BCUT2D eigenvalue weighted by atomic mass is 10.0. The van der Waals surface area contributed by atoms with E-state index in [-0.39, 0.29) is 11.1 Å². The summed E-state index contributed by atoms with van der Waals surface area (Å²) in [4.78, 5) is 14.3. The van der Waals surface area contributed by atoms with Gasteiger partial charge in [0.25, 0.3) is 5.56 Å². The second kappa shape index (κ2) is 5.53. The molecule has 96 valence electrons. The van der Waals surface area contributed by atoms with Gasteiger partial charge in [-0.1, -0.05) is 29.8 Å². The minimum atomic E-state index is -0.290. The van der Waals surface area contributed by atoms with Gasteiger partial charge < -0.3 is 4.98 Å². The maximum atomic E-state index is 11.7. The minimum Gasteiger partial charge on any atom is -0.325 e. The second-order valence-electron chi connectivity index (χ2n) is 4.78. The monoisotopic (exact) mass is 252 g/mol. The maximum Gasteiger partial charge on any atom is 0.266 e. The molecule has 19 heavy (non-hydrogen) atoms. The van der Waals surface area contributed by atoms with Crippen LogP contribution >= 0.6 is 0 Å². The number of rotatable bonds is 3. The van der Waals surface area contributed by atoms with Gasteiger partial charge in [-0.2, -0.15) is 5.26 Å². The fourth-order valence-corrected chi connectivity index (χ4v) is 2.11. The molecule has 0 radical (unpaired) electrons. The van der Waals surface area contributed by atoms with Crippen LogP contribution in [0, 0.1) is 25.2 Å². The first-order valence-corrected chi connectivity index (χ1v) is 6.28. The molecule has 0 aliphatic heterocycles. The first-order chi connectivity index (χ1) is 9.10. The Labute approximate surface area is 112 Å². The largest absolute Gasteiger partial charge is 0.325 e. The lowest BCUT2D eigenvalue weighted by molar-refractivity contribution is 0.936. The molecule has 2 aromatic rings. The highest BCUT2D eigenvalue weighted by atomic mass is 16.1. The lowest BCUT2D eigenvalue weighted by Crippen LogP contribution is -2.14. The molecule has 0 saturated heterocycles. The number of nitrogens with one attached hydrogen (secondary N) is 1. The summed E-state index contributed by atoms with van der Waals surface area (Å²) in [7, 11) is 0. The third-order valence-corrected chi connectivity index (χ3v) is 3.17. The molecule has 1 aromatic carbocycles. The zero-order chi connectivity index (χ0) is 13.8. The van der Waals surface area contributed by atoms with Gasteiger partial charge in [0.1, 0.15) is 11.6 Å². The molecule has 3 nitrogen and oxygen atoms in total. The Kier molecular flexibility index (Phi) is 3.82. The summed E-state index contributed by atoms with van der Waals surface area (Å²) >= 11 is 0. The number of H-pyrrole nitrogens is 1. The molecule has 2 rings (SSSR count). The number of pyridine rings is 1. The summed E-state index contributed by atoms with van der Waals surface area (Å²) in [5.41, 5.74) is 4.01. The fraction of sp³-hybridized carbons (Fsp3) is 0.250. The molecule has 0 saturated carbocycles. The Morgan fingerprint density at radius 2 is 1.84 bits per heavy atom. The van der Waals surface area contributed by atoms with Crippen LogP contribution in [0.3, 0.4) is 0 Å². The SMILES string of the molecule is Cc1ccc(CCc2cc(C)[nH]c(=O)c2C#N)cc1. The summed E-state index contributed by atoms with van der Waals surface area (Å²) in [6.07, 6.45) is 1.54. The van der Waals surface area contributed by atoms with E-state index in [0.717, 1.165) is 17.7 Å². The van der Waals surface area contributed by atoms with Gasteiger partial charge in [0.2, 0.25) is 0 Å². The number of aryl methyl sites for hydroxylation is 4. The first-order valence-electron chi connectivity index (χ1n) is 6.28. The van der Waals surface area contributed by atoms with Gasteiger partial charge in [-0.05, 0) is 43.9 Å².